The predicted molar refractivity (Wildman–Crippen MR) is 61.6 cm³/mol. The van der Waals surface area contributed by atoms with Gasteiger partial charge in [0.2, 0.25) is 0 Å². The monoisotopic (exact) mass is 262 g/mol. The van der Waals surface area contributed by atoms with Gasteiger partial charge in [-0.25, -0.2) is 4.98 Å². The third kappa shape index (κ3) is 3.75. The molecule has 1 heterocycles. The fourth-order valence-electron chi connectivity index (χ4n) is 1.14. The number of hydrogen-bond donors (Lipinski definition) is 0. The van der Waals surface area contributed by atoms with Crippen molar-refractivity contribution in [1.82, 2.24) is 9.88 Å². The van der Waals surface area contributed by atoms with E-state index in [0.29, 0.717) is 0 Å². The summed E-state index contributed by atoms with van der Waals surface area (Å²) in [5.41, 5.74) is 1.13. The molecule has 13 heavy (non-hydrogen) atoms. The summed E-state index contributed by atoms with van der Waals surface area (Å²) >= 11 is 5.20. The lowest BCUT2D eigenvalue weighted by atomic mass is 10.5. The smallest absolute Gasteiger partial charge is 0.107 e. The number of nitrogens with zero attached hydrogens (tertiary/aromatic N) is 2. The van der Waals surface area contributed by atoms with E-state index in [0.717, 1.165) is 30.7 Å². The van der Waals surface area contributed by atoms with Gasteiger partial charge in [-0.15, -0.1) is 11.3 Å². The molecule has 0 aliphatic rings. The van der Waals surface area contributed by atoms with Crippen molar-refractivity contribution >= 4 is 27.3 Å². The maximum absolute atomic E-state index is 4.44. The zero-order valence-electron chi connectivity index (χ0n) is 8.09. The van der Waals surface area contributed by atoms with Gasteiger partial charge in [0.1, 0.15) is 5.01 Å². The van der Waals surface area contributed by atoms with Crippen LogP contribution in [-0.2, 0) is 6.54 Å². The van der Waals surface area contributed by atoms with E-state index < -0.39 is 0 Å². The van der Waals surface area contributed by atoms with Crippen molar-refractivity contribution in [2.75, 3.05) is 18.4 Å². The molecule has 0 saturated heterocycles. The molecular formula is C9H15BrN2S. The molecule has 1 aromatic rings. The number of rotatable bonds is 5. The second-order valence-electron chi connectivity index (χ2n) is 2.94. The summed E-state index contributed by atoms with van der Waals surface area (Å²) in [5, 5.41) is 4.36. The highest BCUT2D eigenvalue weighted by Crippen LogP contribution is 2.11. The minimum Gasteiger partial charge on any atom is -0.296 e. The topological polar surface area (TPSA) is 16.1 Å². The van der Waals surface area contributed by atoms with Gasteiger partial charge in [0.25, 0.3) is 0 Å². The number of aromatic nitrogens is 1. The Morgan fingerprint density at radius 1 is 1.62 bits per heavy atom. The van der Waals surface area contributed by atoms with Gasteiger partial charge in [0.15, 0.2) is 0 Å². The molecule has 0 spiro atoms. The molecular weight excluding hydrogens is 248 g/mol. The van der Waals surface area contributed by atoms with Gasteiger partial charge in [-0.1, -0.05) is 22.9 Å². The minimum atomic E-state index is 0.987. The maximum atomic E-state index is 4.44. The van der Waals surface area contributed by atoms with E-state index in [4.69, 9.17) is 0 Å². The highest BCUT2D eigenvalue weighted by Gasteiger charge is 2.05. The first-order valence-corrected chi connectivity index (χ1v) is 6.45. The summed E-state index contributed by atoms with van der Waals surface area (Å²) in [5.74, 6) is 0. The van der Waals surface area contributed by atoms with Crippen LogP contribution in [-0.4, -0.2) is 28.3 Å². The molecule has 0 saturated carbocycles. The Morgan fingerprint density at radius 2 is 2.38 bits per heavy atom. The van der Waals surface area contributed by atoms with E-state index in [2.05, 4.69) is 38.1 Å². The van der Waals surface area contributed by atoms with Crippen molar-refractivity contribution in [3.8, 4) is 0 Å². The SMILES string of the molecule is CCN(CCBr)Cc1nc(C)cs1. The normalized spacial score (nSPS) is 11.1. The van der Waals surface area contributed by atoms with Crippen molar-refractivity contribution in [3.05, 3.63) is 16.1 Å². The molecule has 0 aliphatic heterocycles. The first kappa shape index (κ1) is 11.1. The van der Waals surface area contributed by atoms with Crippen molar-refractivity contribution in [3.63, 3.8) is 0 Å². The van der Waals surface area contributed by atoms with Crippen LogP contribution in [0.5, 0.6) is 0 Å². The maximum Gasteiger partial charge on any atom is 0.107 e. The average Bonchev–Trinajstić information content (AvgIpc) is 2.50. The van der Waals surface area contributed by atoms with Crippen LogP contribution < -0.4 is 0 Å². The predicted octanol–water partition coefficient (Wildman–Crippen LogP) is 2.67. The van der Waals surface area contributed by atoms with Gasteiger partial charge in [-0.2, -0.15) is 0 Å². The Bertz CT molecular complexity index is 250. The van der Waals surface area contributed by atoms with E-state index in [1.807, 2.05) is 6.92 Å². The van der Waals surface area contributed by atoms with Crippen molar-refractivity contribution in [2.45, 2.75) is 20.4 Å². The summed E-state index contributed by atoms with van der Waals surface area (Å²) in [7, 11) is 0. The fraction of sp³-hybridized carbons (Fsp3) is 0.667. The van der Waals surface area contributed by atoms with Crippen LogP contribution in [0.1, 0.15) is 17.6 Å². The molecule has 4 heteroatoms. The Labute approximate surface area is 92.1 Å². The quantitative estimate of drug-likeness (QED) is 0.759. The van der Waals surface area contributed by atoms with E-state index in [-0.39, 0.29) is 0 Å². The van der Waals surface area contributed by atoms with Crippen molar-refractivity contribution < 1.29 is 0 Å². The van der Waals surface area contributed by atoms with Crippen LogP contribution in [0.2, 0.25) is 0 Å². The number of thiazole rings is 1. The Morgan fingerprint density at radius 3 is 2.85 bits per heavy atom. The molecule has 0 radical (unpaired) electrons. The van der Waals surface area contributed by atoms with Gasteiger partial charge in [0.05, 0.1) is 6.54 Å². The van der Waals surface area contributed by atoms with Crippen LogP contribution in [0, 0.1) is 6.92 Å². The van der Waals surface area contributed by atoms with Crippen LogP contribution in [0.15, 0.2) is 5.38 Å². The molecule has 0 unspecified atom stereocenters. The lowest BCUT2D eigenvalue weighted by molar-refractivity contribution is 0.298. The summed E-state index contributed by atoms with van der Waals surface area (Å²) in [6.45, 7) is 7.39. The number of hydrogen-bond acceptors (Lipinski definition) is 3. The lowest BCUT2D eigenvalue weighted by Gasteiger charge is -2.16. The molecule has 0 N–H and O–H groups in total. The van der Waals surface area contributed by atoms with Crippen LogP contribution in [0.3, 0.4) is 0 Å². The Kier molecular flexibility index (Phi) is 4.91. The molecule has 0 aliphatic carbocycles. The number of halogens is 1. The van der Waals surface area contributed by atoms with Crippen LogP contribution in [0.4, 0.5) is 0 Å². The number of aryl methyl sites for hydroxylation is 1. The molecule has 1 aromatic heterocycles. The fourth-order valence-corrected chi connectivity index (χ4v) is 2.45. The molecule has 1 rings (SSSR count). The zero-order chi connectivity index (χ0) is 9.68. The Balaban J connectivity index is 2.46. The van der Waals surface area contributed by atoms with Crippen LogP contribution >= 0.6 is 27.3 Å². The van der Waals surface area contributed by atoms with E-state index in [9.17, 15) is 0 Å². The molecule has 74 valence electrons. The second-order valence-corrected chi connectivity index (χ2v) is 4.68. The lowest BCUT2D eigenvalue weighted by Crippen LogP contribution is -2.24. The van der Waals surface area contributed by atoms with Gasteiger partial charge >= 0.3 is 0 Å². The summed E-state index contributed by atoms with van der Waals surface area (Å²) < 4.78 is 0. The first-order valence-electron chi connectivity index (χ1n) is 4.45. The van der Waals surface area contributed by atoms with Gasteiger partial charge in [-0.3, -0.25) is 4.90 Å². The summed E-state index contributed by atoms with van der Waals surface area (Å²) in [6.07, 6.45) is 0. The summed E-state index contributed by atoms with van der Waals surface area (Å²) in [4.78, 5) is 6.82. The van der Waals surface area contributed by atoms with Crippen molar-refractivity contribution in [1.29, 1.82) is 0 Å². The van der Waals surface area contributed by atoms with Crippen molar-refractivity contribution in [2.24, 2.45) is 0 Å². The standard InChI is InChI=1S/C9H15BrN2S/c1-3-12(5-4-10)6-9-11-8(2)7-13-9/h7H,3-6H2,1-2H3. The third-order valence-corrected chi connectivity index (χ3v) is 3.18. The molecule has 2 nitrogen and oxygen atoms in total. The minimum absolute atomic E-state index is 0.987. The zero-order valence-corrected chi connectivity index (χ0v) is 10.5. The van der Waals surface area contributed by atoms with Gasteiger partial charge in [-0.05, 0) is 13.5 Å². The molecule has 0 bridgehead atoms. The van der Waals surface area contributed by atoms with E-state index in [1.165, 1.54) is 5.01 Å². The molecule has 0 atom stereocenters. The highest BCUT2D eigenvalue weighted by atomic mass is 79.9. The summed E-state index contributed by atoms with van der Waals surface area (Å²) in [6, 6.07) is 0. The Hall–Kier alpha value is 0.0700. The second kappa shape index (κ2) is 5.73. The first-order chi connectivity index (χ1) is 6.26. The van der Waals surface area contributed by atoms with E-state index in [1.54, 1.807) is 11.3 Å². The van der Waals surface area contributed by atoms with Gasteiger partial charge < -0.3 is 0 Å². The van der Waals surface area contributed by atoms with Gasteiger partial charge in [0, 0.05) is 22.9 Å². The highest BCUT2D eigenvalue weighted by molar-refractivity contribution is 9.09. The number of alkyl halides is 1. The largest absolute Gasteiger partial charge is 0.296 e. The third-order valence-electron chi connectivity index (χ3n) is 1.87. The molecule has 0 amide bonds. The van der Waals surface area contributed by atoms with E-state index >= 15 is 0 Å². The van der Waals surface area contributed by atoms with Crippen LogP contribution in [0.25, 0.3) is 0 Å². The molecule has 0 fully saturated rings. The average molecular weight is 263 g/mol. The molecule has 0 aromatic carbocycles.